The molecular formula is C30H45NO4. The van der Waals surface area contributed by atoms with Gasteiger partial charge in [0.25, 0.3) is 0 Å². The van der Waals surface area contributed by atoms with Crippen LogP contribution in [0.25, 0.3) is 0 Å². The minimum atomic E-state index is -0.897. The van der Waals surface area contributed by atoms with E-state index in [1.54, 1.807) is 0 Å². The number of allylic oxidation sites excluding steroid dienone is 1. The third-order valence-corrected chi connectivity index (χ3v) is 12.6. The van der Waals surface area contributed by atoms with Gasteiger partial charge in [0.2, 0.25) is 0 Å². The van der Waals surface area contributed by atoms with Crippen LogP contribution in [-0.2, 0) is 9.59 Å². The Morgan fingerprint density at radius 2 is 1.66 bits per heavy atom. The first kappa shape index (κ1) is 26.2. The Labute approximate surface area is 211 Å². The molecule has 0 spiro atoms. The average molecular weight is 484 g/mol. The van der Waals surface area contributed by atoms with Crippen LogP contribution in [0.15, 0.2) is 12.2 Å². The lowest BCUT2D eigenvalue weighted by atomic mass is 9.33. The SMILES string of the molecule is C=C(C)[C@@H]1CC[C@]2(C(=O)O)CC[C@]3(C)[C@H](CC[C@@H]4[C@@](C)(CC#N)[C@H](C(C)(C)C(=O)O)CC[C@]43C)[C@@H]12. The summed E-state index contributed by atoms with van der Waals surface area (Å²) in [5, 5.41) is 30.5. The van der Waals surface area contributed by atoms with E-state index in [2.05, 4.69) is 40.3 Å². The van der Waals surface area contributed by atoms with Gasteiger partial charge in [-0.2, -0.15) is 5.26 Å². The Hall–Kier alpha value is -1.83. The summed E-state index contributed by atoms with van der Waals surface area (Å²) >= 11 is 0. The molecule has 0 radical (unpaired) electrons. The maximum Gasteiger partial charge on any atom is 0.309 e. The number of carboxylic acids is 2. The molecule has 4 saturated carbocycles. The number of carboxylic acid groups (broad SMARTS) is 2. The van der Waals surface area contributed by atoms with Crippen LogP contribution in [-0.4, -0.2) is 22.2 Å². The van der Waals surface area contributed by atoms with Gasteiger partial charge in [0.1, 0.15) is 0 Å². The number of hydrogen-bond donors (Lipinski definition) is 2. The lowest BCUT2D eigenvalue weighted by molar-refractivity contribution is -0.230. The summed E-state index contributed by atoms with van der Waals surface area (Å²) in [5.74, 6) is -0.547. The zero-order chi connectivity index (χ0) is 26.2. The van der Waals surface area contributed by atoms with Crippen molar-refractivity contribution >= 4 is 11.9 Å². The fraction of sp³-hybridized carbons (Fsp3) is 0.833. The fourth-order valence-electron chi connectivity index (χ4n) is 10.6. The van der Waals surface area contributed by atoms with Gasteiger partial charge < -0.3 is 10.2 Å². The number of fused-ring (bicyclic) bond motifs is 5. The van der Waals surface area contributed by atoms with E-state index >= 15 is 0 Å². The van der Waals surface area contributed by atoms with Gasteiger partial charge in [-0.3, -0.25) is 9.59 Å². The second kappa shape index (κ2) is 8.09. The van der Waals surface area contributed by atoms with Crippen molar-refractivity contribution in [1.29, 1.82) is 5.26 Å². The average Bonchev–Trinajstić information content (AvgIpc) is 3.15. The van der Waals surface area contributed by atoms with Gasteiger partial charge in [-0.25, -0.2) is 0 Å². The molecule has 0 aromatic carbocycles. The summed E-state index contributed by atoms with van der Waals surface area (Å²) in [4.78, 5) is 25.1. The van der Waals surface area contributed by atoms with Crippen LogP contribution in [0.4, 0.5) is 0 Å². The predicted octanol–water partition coefficient (Wildman–Crippen LogP) is 6.93. The molecule has 5 nitrogen and oxygen atoms in total. The molecule has 194 valence electrons. The zero-order valence-corrected chi connectivity index (χ0v) is 22.6. The molecule has 4 aliphatic carbocycles. The van der Waals surface area contributed by atoms with E-state index in [1.165, 1.54) is 0 Å². The Kier molecular flexibility index (Phi) is 6.06. The van der Waals surface area contributed by atoms with Gasteiger partial charge in [0.15, 0.2) is 0 Å². The van der Waals surface area contributed by atoms with Crippen molar-refractivity contribution in [2.75, 3.05) is 0 Å². The predicted molar refractivity (Wildman–Crippen MR) is 135 cm³/mol. The summed E-state index contributed by atoms with van der Waals surface area (Å²) in [6, 6.07) is 2.45. The number of aliphatic carboxylic acids is 2. The number of carbonyl (C=O) groups is 2. The zero-order valence-electron chi connectivity index (χ0n) is 22.6. The highest BCUT2D eigenvalue weighted by Crippen LogP contribution is 2.76. The Morgan fingerprint density at radius 1 is 1.00 bits per heavy atom. The molecule has 35 heavy (non-hydrogen) atoms. The van der Waals surface area contributed by atoms with Crippen molar-refractivity contribution in [2.45, 2.75) is 99.3 Å². The number of nitriles is 1. The van der Waals surface area contributed by atoms with Crippen LogP contribution < -0.4 is 0 Å². The van der Waals surface area contributed by atoms with Crippen molar-refractivity contribution in [3.05, 3.63) is 12.2 Å². The maximum atomic E-state index is 12.8. The molecule has 4 fully saturated rings. The first-order valence-electron chi connectivity index (χ1n) is 13.6. The van der Waals surface area contributed by atoms with Gasteiger partial charge in [0.05, 0.1) is 16.9 Å². The molecule has 0 bridgehead atoms. The van der Waals surface area contributed by atoms with Crippen molar-refractivity contribution in [3.8, 4) is 6.07 Å². The summed E-state index contributed by atoms with van der Waals surface area (Å²) in [7, 11) is 0. The minimum absolute atomic E-state index is 0.0351. The van der Waals surface area contributed by atoms with Gasteiger partial charge in [-0.1, -0.05) is 32.9 Å². The van der Waals surface area contributed by atoms with Crippen LogP contribution in [0.3, 0.4) is 0 Å². The van der Waals surface area contributed by atoms with Crippen molar-refractivity contribution in [2.24, 2.45) is 56.7 Å². The molecule has 0 aromatic heterocycles. The third kappa shape index (κ3) is 3.23. The second-order valence-electron chi connectivity index (χ2n) is 14.0. The monoisotopic (exact) mass is 483 g/mol. The number of rotatable bonds is 5. The fourth-order valence-corrected chi connectivity index (χ4v) is 10.6. The highest BCUT2D eigenvalue weighted by molar-refractivity contribution is 5.76. The van der Waals surface area contributed by atoms with Crippen LogP contribution in [0, 0.1) is 68.0 Å². The molecule has 0 aliphatic heterocycles. The van der Waals surface area contributed by atoms with Crippen molar-refractivity contribution in [1.82, 2.24) is 0 Å². The molecule has 0 saturated heterocycles. The molecule has 0 amide bonds. The lowest BCUT2D eigenvalue weighted by Crippen LogP contribution is -2.65. The van der Waals surface area contributed by atoms with E-state index in [0.717, 1.165) is 50.5 Å². The second-order valence-corrected chi connectivity index (χ2v) is 14.0. The maximum absolute atomic E-state index is 12.8. The first-order valence-corrected chi connectivity index (χ1v) is 13.6. The van der Waals surface area contributed by atoms with E-state index < -0.39 is 22.8 Å². The Morgan fingerprint density at radius 3 is 2.20 bits per heavy atom. The van der Waals surface area contributed by atoms with E-state index in [-0.39, 0.29) is 39.9 Å². The molecular weight excluding hydrogens is 438 g/mol. The van der Waals surface area contributed by atoms with Crippen molar-refractivity contribution < 1.29 is 19.8 Å². The van der Waals surface area contributed by atoms with Gasteiger partial charge in [-0.05, 0) is 118 Å². The quantitative estimate of drug-likeness (QED) is 0.413. The van der Waals surface area contributed by atoms with E-state index in [1.807, 2.05) is 13.8 Å². The lowest BCUT2D eigenvalue weighted by Gasteiger charge is -2.71. The molecule has 4 rings (SSSR count). The smallest absolute Gasteiger partial charge is 0.309 e. The normalized spacial score (nSPS) is 47.1. The molecule has 4 aliphatic rings. The highest BCUT2D eigenvalue weighted by Gasteiger charge is 2.71. The van der Waals surface area contributed by atoms with Gasteiger partial charge in [0, 0.05) is 6.42 Å². The van der Waals surface area contributed by atoms with Gasteiger partial charge in [-0.15, -0.1) is 0 Å². The van der Waals surface area contributed by atoms with E-state index in [0.29, 0.717) is 18.8 Å². The van der Waals surface area contributed by atoms with Gasteiger partial charge >= 0.3 is 11.9 Å². The topological polar surface area (TPSA) is 98.4 Å². The molecule has 0 aromatic rings. The van der Waals surface area contributed by atoms with E-state index in [9.17, 15) is 25.1 Å². The van der Waals surface area contributed by atoms with Crippen LogP contribution in [0.2, 0.25) is 0 Å². The molecule has 2 N–H and O–H groups in total. The summed E-state index contributed by atoms with van der Waals surface area (Å²) < 4.78 is 0. The highest BCUT2D eigenvalue weighted by atomic mass is 16.4. The van der Waals surface area contributed by atoms with Crippen molar-refractivity contribution in [3.63, 3.8) is 0 Å². The molecule has 9 atom stereocenters. The first-order chi connectivity index (χ1) is 16.1. The van der Waals surface area contributed by atoms with Crippen LogP contribution in [0.1, 0.15) is 99.3 Å². The summed E-state index contributed by atoms with van der Waals surface area (Å²) in [5.41, 5.74) is -0.897. The third-order valence-electron chi connectivity index (χ3n) is 12.6. The van der Waals surface area contributed by atoms with Crippen LogP contribution >= 0.6 is 0 Å². The summed E-state index contributed by atoms with van der Waals surface area (Å²) in [6.07, 6.45) is 7.28. The largest absolute Gasteiger partial charge is 0.481 e. The Bertz CT molecular complexity index is 979. The number of hydrogen-bond acceptors (Lipinski definition) is 3. The molecule has 0 unspecified atom stereocenters. The molecule has 0 heterocycles. The van der Waals surface area contributed by atoms with E-state index in [4.69, 9.17) is 0 Å². The summed E-state index contributed by atoms with van der Waals surface area (Å²) in [6.45, 7) is 17.1. The standard InChI is InChI=1S/C30H45NO4/c1-18(2)19-10-13-30(25(34)35)15-14-28(6)20(23(19)30)8-9-22-27(5,16-17-31)21(11-12-29(22,28)7)26(3,4)24(32)33/h19-23H,1,8-16H2,2-7H3,(H,32,33)(H,34,35)/t19-,20+,21-,22+,23+,27-,28+,29+,30-/m0/s1. The Balaban J connectivity index is 1.81. The van der Waals surface area contributed by atoms with Crippen LogP contribution in [0.5, 0.6) is 0 Å². The minimum Gasteiger partial charge on any atom is -0.481 e. The molecule has 5 heteroatoms. The number of nitrogens with zero attached hydrogens (tertiary/aromatic N) is 1.